The molecule has 1 heterocycles. The van der Waals surface area contributed by atoms with Crippen molar-refractivity contribution in [3.63, 3.8) is 0 Å². The molecule has 0 saturated carbocycles. The van der Waals surface area contributed by atoms with Gasteiger partial charge in [-0.1, -0.05) is 11.6 Å². The van der Waals surface area contributed by atoms with Crippen molar-refractivity contribution < 1.29 is 9.50 Å². The summed E-state index contributed by atoms with van der Waals surface area (Å²) in [5.41, 5.74) is 0.477. The number of benzene rings is 1. The van der Waals surface area contributed by atoms with E-state index in [9.17, 15) is 9.50 Å². The molecule has 2 unspecified atom stereocenters. The van der Waals surface area contributed by atoms with Gasteiger partial charge in [-0.3, -0.25) is 4.90 Å². The minimum Gasteiger partial charge on any atom is -0.391 e. The first-order chi connectivity index (χ1) is 9.47. The van der Waals surface area contributed by atoms with Crippen LogP contribution in [0.5, 0.6) is 0 Å². The Morgan fingerprint density at radius 2 is 2.15 bits per heavy atom. The molecular weight excluding hydrogens is 279 g/mol. The highest BCUT2D eigenvalue weighted by Gasteiger charge is 2.27. The molecule has 2 rings (SSSR count). The monoisotopic (exact) mass is 300 g/mol. The normalized spacial score (nSPS) is 23.6. The van der Waals surface area contributed by atoms with Crippen LogP contribution < -0.4 is 0 Å². The van der Waals surface area contributed by atoms with Crippen LogP contribution in [0.3, 0.4) is 0 Å². The van der Waals surface area contributed by atoms with E-state index in [1.54, 1.807) is 6.07 Å². The zero-order valence-electron chi connectivity index (χ0n) is 12.0. The van der Waals surface area contributed by atoms with Gasteiger partial charge in [-0.2, -0.15) is 0 Å². The lowest BCUT2D eigenvalue weighted by Crippen LogP contribution is -2.47. The third-order valence-electron chi connectivity index (χ3n) is 4.00. The minimum absolute atomic E-state index is 0.0147. The number of rotatable bonds is 3. The van der Waals surface area contributed by atoms with Crippen LogP contribution in [-0.2, 0) is 6.42 Å². The standard InChI is InChI=1S/C15H22ClFN2O/c1-18-6-3-7-19(2)14(10-18)15(20)9-11-8-12(16)4-5-13(11)17/h4-5,8,14-15,20H,3,6-7,9-10H2,1-2H3. The molecule has 0 amide bonds. The van der Waals surface area contributed by atoms with Gasteiger partial charge in [-0.15, -0.1) is 0 Å². The maximum Gasteiger partial charge on any atom is 0.126 e. The number of hydrogen-bond acceptors (Lipinski definition) is 3. The second-order valence-electron chi connectivity index (χ2n) is 5.67. The quantitative estimate of drug-likeness (QED) is 0.925. The molecule has 0 bridgehead atoms. The number of likely N-dealkylation sites (N-methyl/N-ethyl adjacent to an activating group) is 2. The number of aliphatic hydroxyl groups is 1. The first kappa shape index (κ1) is 15.7. The molecule has 1 aromatic carbocycles. The van der Waals surface area contributed by atoms with Crippen LogP contribution in [0.15, 0.2) is 18.2 Å². The average Bonchev–Trinajstić information content (AvgIpc) is 2.55. The van der Waals surface area contributed by atoms with E-state index in [1.807, 2.05) is 7.05 Å². The Morgan fingerprint density at radius 1 is 1.40 bits per heavy atom. The van der Waals surface area contributed by atoms with Crippen molar-refractivity contribution in [2.45, 2.75) is 25.0 Å². The lowest BCUT2D eigenvalue weighted by atomic mass is 10.0. The molecule has 2 atom stereocenters. The summed E-state index contributed by atoms with van der Waals surface area (Å²) in [5.74, 6) is -0.307. The van der Waals surface area contributed by atoms with Gasteiger partial charge in [-0.25, -0.2) is 4.39 Å². The first-order valence-corrected chi connectivity index (χ1v) is 7.36. The lowest BCUT2D eigenvalue weighted by Gasteiger charge is -2.31. The SMILES string of the molecule is CN1CCCN(C)C(C(O)Cc2cc(Cl)ccc2F)C1. The van der Waals surface area contributed by atoms with E-state index in [4.69, 9.17) is 11.6 Å². The Bertz CT molecular complexity index is 457. The molecule has 0 spiro atoms. The van der Waals surface area contributed by atoms with Gasteiger partial charge < -0.3 is 10.0 Å². The van der Waals surface area contributed by atoms with Crippen LogP contribution in [0.1, 0.15) is 12.0 Å². The molecule has 1 aliphatic rings. The van der Waals surface area contributed by atoms with Gasteiger partial charge >= 0.3 is 0 Å². The molecule has 5 heteroatoms. The van der Waals surface area contributed by atoms with Gasteiger partial charge in [0, 0.05) is 24.0 Å². The number of halogens is 2. The van der Waals surface area contributed by atoms with E-state index in [0.29, 0.717) is 10.6 Å². The van der Waals surface area contributed by atoms with E-state index in [2.05, 4.69) is 16.8 Å². The highest BCUT2D eigenvalue weighted by molar-refractivity contribution is 6.30. The number of aliphatic hydroxyl groups excluding tert-OH is 1. The highest BCUT2D eigenvalue weighted by atomic mass is 35.5. The zero-order valence-corrected chi connectivity index (χ0v) is 12.8. The number of nitrogens with zero attached hydrogens (tertiary/aromatic N) is 2. The van der Waals surface area contributed by atoms with E-state index < -0.39 is 6.10 Å². The van der Waals surface area contributed by atoms with Crippen molar-refractivity contribution in [1.29, 1.82) is 0 Å². The third-order valence-corrected chi connectivity index (χ3v) is 4.23. The fourth-order valence-corrected chi connectivity index (χ4v) is 2.98. The van der Waals surface area contributed by atoms with Gasteiger partial charge in [0.2, 0.25) is 0 Å². The summed E-state index contributed by atoms with van der Waals surface area (Å²) in [4.78, 5) is 4.38. The summed E-state index contributed by atoms with van der Waals surface area (Å²) < 4.78 is 13.8. The molecule has 0 aromatic heterocycles. The lowest BCUT2D eigenvalue weighted by molar-refractivity contribution is 0.0575. The van der Waals surface area contributed by atoms with Crippen LogP contribution in [0.2, 0.25) is 5.02 Å². The van der Waals surface area contributed by atoms with Gasteiger partial charge in [0.15, 0.2) is 0 Å². The molecule has 0 aliphatic carbocycles. The molecule has 1 saturated heterocycles. The summed E-state index contributed by atoms with van der Waals surface area (Å²) in [5, 5.41) is 11.0. The van der Waals surface area contributed by atoms with Crippen molar-refractivity contribution in [1.82, 2.24) is 9.80 Å². The summed E-state index contributed by atoms with van der Waals surface area (Å²) in [7, 11) is 4.07. The van der Waals surface area contributed by atoms with Crippen molar-refractivity contribution >= 4 is 11.6 Å². The molecule has 1 aliphatic heterocycles. The smallest absolute Gasteiger partial charge is 0.126 e. The fourth-order valence-electron chi connectivity index (χ4n) is 2.78. The minimum atomic E-state index is -0.603. The van der Waals surface area contributed by atoms with E-state index in [1.165, 1.54) is 12.1 Å². The Morgan fingerprint density at radius 3 is 2.90 bits per heavy atom. The van der Waals surface area contributed by atoms with E-state index in [0.717, 1.165) is 26.1 Å². The second-order valence-corrected chi connectivity index (χ2v) is 6.11. The predicted octanol–water partition coefficient (Wildman–Crippen LogP) is 2.02. The van der Waals surface area contributed by atoms with Crippen molar-refractivity contribution in [3.8, 4) is 0 Å². The summed E-state index contributed by atoms with van der Waals surface area (Å²) in [6.07, 6.45) is 0.769. The molecule has 0 radical (unpaired) electrons. The molecule has 112 valence electrons. The fraction of sp³-hybridized carbons (Fsp3) is 0.600. The first-order valence-electron chi connectivity index (χ1n) is 6.98. The maximum absolute atomic E-state index is 13.8. The summed E-state index contributed by atoms with van der Waals surface area (Å²) in [6.45, 7) is 2.77. The van der Waals surface area contributed by atoms with Gasteiger partial charge in [0.1, 0.15) is 5.82 Å². The van der Waals surface area contributed by atoms with Gasteiger partial charge in [0.05, 0.1) is 6.10 Å². The highest BCUT2D eigenvalue weighted by Crippen LogP contribution is 2.19. The molecule has 1 fully saturated rings. The Labute approximate surface area is 124 Å². The molecule has 1 aromatic rings. The zero-order chi connectivity index (χ0) is 14.7. The Hall–Kier alpha value is -0.680. The third kappa shape index (κ3) is 3.92. The topological polar surface area (TPSA) is 26.7 Å². The van der Waals surface area contributed by atoms with Crippen LogP contribution in [0.4, 0.5) is 4.39 Å². The van der Waals surface area contributed by atoms with E-state index in [-0.39, 0.29) is 18.3 Å². The van der Waals surface area contributed by atoms with Crippen LogP contribution in [0, 0.1) is 5.82 Å². The Balaban J connectivity index is 2.09. The second kappa shape index (κ2) is 6.85. The van der Waals surface area contributed by atoms with Crippen molar-refractivity contribution in [3.05, 3.63) is 34.6 Å². The summed E-state index contributed by atoms with van der Waals surface area (Å²) in [6, 6.07) is 4.49. The van der Waals surface area contributed by atoms with Gasteiger partial charge in [-0.05, 0) is 57.4 Å². The Kier molecular flexibility index (Phi) is 5.38. The molecular formula is C15H22ClFN2O. The summed E-state index contributed by atoms with van der Waals surface area (Å²) >= 11 is 5.90. The molecule has 3 nitrogen and oxygen atoms in total. The number of hydrogen-bond donors (Lipinski definition) is 1. The van der Waals surface area contributed by atoms with Crippen LogP contribution in [0.25, 0.3) is 0 Å². The van der Waals surface area contributed by atoms with Crippen molar-refractivity contribution in [2.75, 3.05) is 33.7 Å². The largest absolute Gasteiger partial charge is 0.391 e. The molecule has 1 N–H and O–H groups in total. The van der Waals surface area contributed by atoms with E-state index >= 15 is 0 Å². The van der Waals surface area contributed by atoms with Gasteiger partial charge in [0.25, 0.3) is 0 Å². The van der Waals surface area contributed by atoms with Crippen LogP contribution >= 0.6 is 11.6 Å². The molecule has 20 heavy (non-hydrogen) atoms. The van der Waals surface area contributed by atoms with Crippen molar-refractivity contribution in [2.24, 2.45) is 0 Å². The van der Waals surface area contributed by atoms with Crippen LogP contribution in [-0.4, -0.2) is 60.8 Å². The maximum atomic E-state index is 13.8. The predicted molar refractivity (Wildman–Crippen MR) is 79.7 cm³/mol. The average molecular weight is 301 g/mol.